The Bertz CT molecular complexity index is 1180. The van der Waals surface area contributed by atoms with Crippen molar-refractivity contribution in [2.75, 3.05) is 20.7 Å². The largest absolute Gasteiger partial charge is 0.465 e. The van der Waals surface area contributed by atoms with Gasteiger partial charge in [-0.2, -0.15) is 0 Å². The van der Waals surface area contributed by atoms with Gasteiger partial charge in [0.1, 0.15) is 6.04 Å². The second-order valence-electron chi connectivity index (χ2n) is 7.79. The molecule has 0 saturated carbocycles. The summed E-state index contributed by atoms with van der Waals surface area (Å²) < 4.78 is 4.79. The summed E-state index contributed by atoms with van der Waals surface area (Å²) in [6.45, 7) is 0.0572. The maximum atomic E-state index is 13.1. The molecule has 2 aliphatic heterocycles. The van der Waals surface area contributed by atoms with Crippen LogP contribution in [0.5, 0.6) is 0 Å². The smallest absolute Gasteiger partial charge is 0.337 e. The van der Waals surface area contributed by atoms with E-state index in [1.165, 1.54) is 12.0 Å². The molecule has 2 atom stereocenters. The fraction of sp³-hybridized carbons (Fsp3) is 0.261. The van der Waals surface area contributed by atoms with E-state index in [1.807, 2.05) is 36.4 Å². The number of benzene rings is 2. The first kappa shape index (κ1) is 18.4. The summed E-state index contributed by atoms with van der Waals surface area (Å²) in [5.74, 6) is -0.560. The molecule has 7 heteroatoms. The highest BCUT2D eigenvalue weighted by molar-refractivity contribution is 5.97. The first-order valence-electron chi connectivity index (χ1n) is 9.83. The predicted octanol–water partition coefficient (Wildman–Crippen LogP) is 2.27. The summed E-state index contributed by atoms with van der Waals surface area (Å²) in [4.78, 5) is 44.6. The van der Waals surface area contributed by atoms with E-state index in [9.17, 15) is 14.4 Å². The van der Waals surface area contributed by atoms with Gasteiger partial charge in [-0.25, -0.2) is 4.79 Å². The molecule has 30 heavy (non-hydrogen) atoms. The van der Waals surface area contributed by atoms with Crippen molar-refractivity contribution in [2.24, 2.45) is 0 Å². The van der Waals surface area contributed by atoms with E-state index in [2.05, 4.69) is 4.98 Å². The molecule has 3 heterocycles. The lowest BCUT2D eigenvalue weighted by Crippen LogP contribution is -2.62. The number of nitrogens with one attached hydrogen (secondary N) is 1. The highest BCUT2D eigenvalue weighted by Gasteiger charge is 2.47. The molecule has 2 aromatic carbocycles. The molecule has 0 bridgehead atoms. The second kappa shape index (κ2) is 6.73. The van der Waals surface area contributed by atoms with Crippen LogP contribution in [0.25, 0.3) is 10.9 Å². The monoisotopic (exact) mass is 403 g/mol. The van der Waals surface area contributed by atoms with Gasteiger partial charge in [0.15, 0.2) is 0 Å². The van der Waals surface area contributed by atoms with Gasteiger partial charge in [-0.15, -0.1) is 0 Å². The Hall–Kier alpha value is -3.61. The van der Waals surface area contributed by atoms with E-state index in [-0.39, 0.29) is 18.4 Å². The maximum Gasteiger partial charge on any atom is 0.337 e. The van der Waals surface area contributed by atoms with Crippen LogP contribution in [0.15, 0.2) is 48.5 Å². The van der Waals surface area contributed by atoms with Gasteiger partial charge in [0.2, 0.25) is 11.8 Å². The van der Waals surface area contributed by atoms with Crippen molar-refractivity contribution >= 4 is 28.7 Å². The number of likely N-dealkylation sites (N-methyl/N-ethyl adjacent to an activating group) is 1. The van der Waals surface area contributed by atoms with Crippen molar-refractivity contribution in [1.29, 1.82) is 0 Å². The number of hydrogen-bond acceptors (Lipinski definition) is 4. The molecular formula is C23H21N3O4. The number of para-hydroxylation sites is 1. The van der Waals surface area contributed by atoms with Crippen molar-refractivity contribution in [2.45, 2.75) is 18.5 Å². The minimum atomic E-state index is -0.548. The van der Waals surface area contributed by atoms with Crippen LogP contribution in [0.2, 0.25) is 0 Å². The van der Waals surface area contributed by atoms with Gasteiger partial charge in [-0.3, -0.25) is 9.59 Å². The SMILES string of the molecule is COC(=O)c1ccc(C2c3[nH]c4ccccc4c3C[C@H]3C(=O)N(C)CC(=O)N23)cc1. The number of carbonyl (C=O) groups excluding carboxylic acids is 3. The van der Waals surface area contributed by atoms with Gasteiger partial charge in [0.25, 0.3) is 0 Å². The highest BCUT2D eigenvalue weighted by Crippen LogP contribution is 2.42. The summed E-state index contributed by atoms with van der Waals surface area (Å²) in [7, 11) is 3.01. The van der Waals surface area contributed by atoms with Crippen LogP contribution in [0.1, 0.15) is 33.2 Å². The number of methoxy groups -OCH3 is 1. The molecule has 0 aliphatic carbocycles. The first-order chi connectivity index (χ1) is 14.5. The number of hydrogen-bond donors (Lipinski definition) is 1. The van der Waals surface area contributed by atoms with Crippen LogP contribution >= 0.6 is 0 Å². The third kappa shape index (κ3) is 2.62. The lowest BCUT2D eigenvalue weighted by molar-refractivity contribution is -0.157. The standard InChI is InChI=1S/C23H21N3O4/c1-25-12-19(27)26-18(22(25)28)11-16-15-5-3-4-6-17(15)24-20(16)21(26)13-7-9-14(10-8-13)23(29)30-2/h3-10,18,21,24H,11-12H2,1-2H3/t18-,21?/m0/s1. The van der Waals surface area contributed by atoms with E-state index in [0.29, 0.717) is 12.0 Å². The van der Waals surface area contributed by atoms with Gasteiger partial charge >= 0.3 is 5.97 Å². The van der Waals surface area contributed by atoms with E-state index in [0.717, 1.165) is 27.7 Å². The molecule has 0 radical (unpaired) electrons. The normalized spacial score (nSPS) is 20.9. The van der Waals surface area contributed by atoms with Crippen molar-refractivity contribution < 1.29 is 19.1 Å². The zero-order valence-corrected chi connectivity index (χ0v) is 16.7. The number of amides is 2. The minimum Gasteiger partial charge on any atom is -0.465 e. The summed E-state index contributed by atoms with van der Waals surface area (Å²) in [6, 6.07) is 14.0. The number of esters is 1. The Balaban J connectivity index is 1.70. The third-order valence-corrected chi connectivity index (χ3v) is 6.10. The number of fused-ring (bicyclic) bond motifs is 4. The second-order valence-corrected chi connectivity index (χ2v) is 7.79. The van der Waals surface area contributed by atoms with Crippen LogP contribution in [-0.2, 0) is 20.7 Å². The number of aromatic amines is 1. The Kier molecular flexibility index (Phi) is 4.13. The molecule has 2 amide bonds. The predicted molar refractivity (Wildman–Crippen MR) is 110 cm³/mol. The first-order valence-corrected chi connectivity index (χ1v) is 9.83. The topological polar surface area (TPSA) is 82.7 Å². The zero-order valence-electron chi connectivity index (χ0n) is 16.7. The zero-order chi connectivity index (χ0) is 21.0. The number of H-pyrrole nitrogens is 1. The summed E-state index contributed by atoms with van der Waals surface area (Å²) in [5, 5.41) is 1.07. The fourth-order valence-corrected chi connectivity index (χ4v) is 4.67. The Morgan fingerprint density at radius 1 is 1.10 bits per heavy atom. The fourth-order valence-electron chi connectivity index (χ4n) is 4.67. The van der Waals surface area contributed by atoms with E-state index in [4.69, 9.17) is 4.74 Å². The summed E-state index contributed by atoms with van der Waals surface area (Å²) >= 11 is 0. The number of rotatable bonds is 2. The quantitative estimate of drug-likeness (QED) is 0.666. The average molecular weight is 403 g/mol. The molecule has 1 fully saturated rings. The average Bonchev–Trinajstić information content (AvgIpc) is 3.14. The molecular weight excluding hydrogens is 382 g/mol. The van der Waals surface area contributed by atoms with Crippen LogP contribution in [0, 0.1) is 0 Å². The van der Waals surface area contributed by atoms with Crippen LogP contribution in [-0.4, -0.2) is 59.3 Å². The van der Waals surface area contributed by atoms with Crippen LogP contribution in [0.4, 0.5) is 0 Å². The van der Waals surface area contributed by atoms with Gasteiger partial charge in [-0.1, -0.05) is 30.3 Å². The molecule has 1 unspecified atom stereocenters. The van der Waals surface area contributed by atoms with Gasteiger partial charge in [-0.05, 0) is 29.3 Å². The minimum absolute atomic E-state index is 0.0540. The van der Waals surface area contributed by atoms with E-state index in [1.54, 1.807) is 24.1 Å². The molecule has 7 nitrogen and oxygen atoms in total. The third-order valence-electron chi connectivity index (χ3n) is 6.10. The lowest BCUT2D eigenvalue weighted by atomic mass is 9.86. The number of piperazine rings is 1. The van der Waals surface area contributed by atoms with Gasteiger partial charge in [0, 0.05) is 30.1 Å². The van der Waals surface area contributed by atoms with E-state index >= 15 is 0 Å². The summed E-state index contributed by atoms with van der Waals surface area (Å²) in [5.41, 5.74) is 4.23. The summed E-state index contributed by atoms with van der Waals surface area (Å²) in [6.07, 6.45) is 0.477. The van der Waals surface area contributed by atoms with Crippen LogP contribution in [0.3, 0.4) is 0 Å². The Labute approximate surface area is 173 Å². The Morgan fingerprint density at radius 3 is 2.57 bits per heavy atom. The molecule has 152 valence electrons. The molecule has 0 spiro atoms. The number of nitrogens with zero attached hydrogens (tertiary/aromatic N) is 2. The molecule has 2 aliphatic rings. The molecule has 1 saturated heterocycles. The highest BCUT2D eigenvalue weighted by atomic mass is 16.5. The number of carbonyl (C=O) groups is 3. The van der Waals surface area contributed by atoms with Gasteiger partial charge < -0.3 is 19.5 Å². The van der Waals surface area contributed by atoms with E-state index < -0.39 is 18.1 Å². The molecule has 3 aromatic rings. The number of aromatic nitrogens is 1. The van der Waals surface area contributed by atoms with Crippen molar-refractivity contribution in [1.82, 2.24) is 14.8 Å². The number of ether oxygens (including phenoxy) is 1. The van der Waals surface area contributed by atoms with Crippen molar-refractivity contribution in [3.63, 3.8) is 0 Å². The van der Waals surface area contributed by atoms with Crippen molar-refractivity contribution in [3.8, 4) is 0 Å². The Morgan fingerprint density at radius 2 is 1.83 bits per heavy atom. The molecule has 1 N–H and O–H groups in total. The van der Waals surface area contributed by atoms with Gasteiger partial charge in [0.05, 0.1) is 25.3 Å². The maximum absolute atomic E-state index is 13.1. The van der Waals surface area contributed by atoms with Crippen LogP contribution < -0.4 is 0 Å². The van der Waals surface area contributed by atoms with Crippen molar-refractivity contribution in [3.05, 3.63) is 70.9 Å². The molecule has 5 rings (SSSR count). The lowest BCUT2D eigenvalue weighted by Gasteiger charge is -2.46. The molecule has 1 aromatic heterocycles.